The summed E-state index contributed by atoms with van der Waals surface area (Å²) in [5.41, 5.74) is 0. The Morgan fingerprint density at radius 3 is 0.968 bits per heavy atom. The Bertz CT molecular complexity index is 1900. The highest BCUT2D eigenvalue weighted by molar-refractivity contribution is 7.47. The third kappa shape index (κ3) is 66.6. The van der Waals surface area contributed by atoms with Gasteiger partial charge < -0.3 is 33.8 Å². The van der Waals surface area contributed by atoms with Crippen molar-refractivity contribution in [2.75, 3.05) is 39.6 Å². The van der Waals surface area contributed by atoms with Crippen molar-refractivity contribution in [2.45, 2.75) is 374 Å². The lowest BCUT2D eigenvalue weighted by molar-refractivity contribution is -0.161. The van der Waals surface area contributed by atoms with E-state index in [0.717, 1.165) is 115 Å². The van der Waals surface area contributed by atoms with Crippen LogP contribution in [0.2, 0.25) is 0 Å². The molecule has 3 unspecified atom stereocenters. The molecule has 0 rings (SSSR count). The molecule has 548 valence electrons. The Balaban J connectivity index is 5.30. The number of ether oxygens (including phenoxy) is 4. The number of phosphoric acid groups is 2. The Labute approximate surface area is 567 Å². The fraction of sp³-hybridized carbons (Fsp3) is 0.892. The van der Waals surface area contributed by atoms with Gasteiger partial charge >= 0.3 is 39.5 Å². The van der Waals surface area contributed by atoms with Crippen LogP contribution in [0.5, 0.6) is 0 Å². The Kier molecular flexibility index (Phi) is 63.7. The van der Waals surface area contributed by atoms with E-state index in [1.165, 1.54) is 161 Å². The van der Waals surface area contributed by atoms with E-state index in [0.29, 0.717) is 25.7 Å². The molecule has 0 aromatic heterocycles. The molecule has 0 aliphatic rings. The molecule has 0 saturated heterocycles. The minimum atomic E-state index is -4.96. The van der Waals surface area contributed by atoms with Gasteiger partial charge in [0, 0.05) is 25.7 Å². The van der Waals surface area contributed by atoms with Gasteiger partial charge in [-0.1, -0.05) is 303 Å². The zero-order chi connectivity index (χ0) is 68.6. The molecule has 0 aliphatic heterocycles. The third-order valence-corrected chi connectivity index (χ3v) is 18.8. The number of aliphatic hydroxyl groups excluding tert-OH is 1. The third-order valence-electron chi connectivity index (χ3n) is 16.9. The molecule has 0 heterocycles. The van der Waals surface area contributed by atoms with Crippen molar-refractivity contribution in [2.24, 2.45) is 11.8 Å². The lowest BCUT2D eigenvalue weighted by atomic mass is 9.99. The first-order chi connectivity index (χ1) is 44.9. The van der Waals surface area contributed by atoms with Crippen molar-refractivity contribution in [1.82, 2.24) is 0 Å². The van der Waals surface area contributed by atoms with Crippen molar-refractivity contribution in [3.63, 3.8) is 0 Å². The number of rotatable bonds is 71. The maximum absolute atomic E-state index is 13.1. The number of allylic oxidation sites excluding steroid dienone is 4. The topological polar surface area (TPSA) is 237 Å². The van der Waals surface area contributed by atoms with Crippen LogP contribution in [-0.2, 0) is 65.4 Å². The van der Waals surface area contributed by atoms with Crippen LogP contribution in [0, 0.1) is 11.8 Å². The molecule has 0 aromatic carbocycles. The zero-order valence-corrected chi connectivity index (χ0v) is 61.8. The molecule has 93 heavy (non-hydrogen) atoms. The molecule has 19 heteroatoms. The number of carbonyl (C=O) groups excluding carboxylic acids is 4. The van der Waals surface area contributed by atoms with Gasteiger partial charge in [-0.2, -0.15) is 0 Å². The second kappa shape index (κ2) is 65.5. The van der Waals surface area contributed by atoms with Crippen molar-refractivity contribution < 1.29 is 80.2 Å². The van der Waals surface area contributed by atoms with Gasteiger partial charge in [-0.3, -0.25) is 37.3 Å². The predicted octanol–water partition coefficient (Wildman–Crippen LogP) is 21.1. The smallest absolute Gasteiger partial charge is 0.462 e. The van der Waals surface area contributed by atoms with Gasteiger partial charge in [0.15, 0.2) is 12.2 Å². The highest BCUT2D eigenvalue weighted by atomic mass is 31.2. The van der Waals surface area contributed by atoms with E-state index in [1.807, 2.05) is 0 Å². The maximum Gasteiger partial charge on any atom is 0.472 e. The van der Waals surface area contributed by atoms with Gasteiger partial charge in [-0.05, 0) is 63.2 Å². The summed E-state index contributed by atoms with van der Waals surface area (Å²) in [7, 11) is -9.92. The van der Waals surface area contributed by atoms with E-state index in [4.69, 9.17) is 37.0 Å². The summed E-state index contributed by atoms with van der Waals surface area (Å²) in [6, 6.07) is 0. The molecule has 17 nitrogen and oxygen atoms in total. The summed E-state index contributed by atoms with van der Waals surface area (Å²) in [5, 5.41) is 10.6. The van der Waals surface area contributed by atoms with E-state index in [9.17, 15) is 43.2 Å². The van der Waals surface area contributed by atoms with Gasteiger partial charge in [-0.15, -0.1) is 0 Å². The van der Waals surface area contributed by atoms with Crippen LogP contribution in [0.4, 0.5) is 0 Å². The molecule has 0 aliphatic carbocycles. The summed E-state index contributed by atoms with van der Waals surface area (Å²) in [6.45, 7) is 9.49. The lowest BCUT2D eigenvalue weighted by Gasteiger charge is -2.21. The van der Waals surface area contributed by atoms with Crippen molar-refractivity contribution >= 4 is 39.5 Å². The molecule has 0 amide bonds. The molecule has 0 bridgehead atoms. The molecule has 0 saturated carbocycles. The standard InChI is InChI=1S/C74H140O17P2/c1-7-10-12-14-16-18-20-22-24-26-28-32-40-46-52-58-73(78)90-69(62-84-71(76)56-50-44-38-31-27-25-23-21-19-17-15-13-11-8-2)64-88-92(80,81)86-60-68(75)61-87-93(82,83)89-65-70(91-74(79)59-53-47-41-33-29-30-36-42-48-54-66(4)5)63-85-72(77)57-51-45-39-35-34-37-43-49-55-67(6)9-3/h18,20,22,24,66-70,75H,7-17,19,21,23,25-65H2,1-6H3,(H,80,81)(H,82,83)/b20-18-,24-22-/t67?,68-,69-,70-/m1/s1. The van der Waals surface area contributed by atoms with Crippen LogP contribution in [0.3, 0.4) is 0 Å². The van der Waals surface area contributed by atoms with Crippen molar-refractivity contribution in [3.05, 3.63) is 24.3 Å². The zero-order valence-electron chi connectivity index (χ0n) is 60.0. The molecule has 0 fully saturated rings. The molecule has 3 N–H and O–H groups in total. The summed E-state index contributed by atoms with van der Waals surface area (Å²) in [6.07, 6.45) is 54.8. The van der Waals surface area contributed by atoms with E-state index < -0.39 is 97.5 Å². The van der Waals surface area contributed by atoms with Crippen LogP contribution < -0.4 is 0 Å². The van der Waals surface area contributed by atoms with Gasteiger partial charge in [0.1, 0.15) is 19.3 Å². The number of carbonyl (C=O) groups is 4. The predicted molar refractivity (Wildman–Crippen MR) is 377 cm³/mol. The Morgan fingerprint density at radius 1 is 0.355 bits per heavy atom. The van der Waals surface area contributed by atoms with E-state index in [2.05, 4.69) is 65.8 Å². The Hall–Kier alpha value is -2.46. The van der Waals surface area contributed by atoms with Crippen LogP contribution in [0.1, 0.15) is 356 Å². The summed E-state index contributed by atoms with van der Waals surface area (Å²) >= 11 is 0. The van der Waals surface area contributed by atoms with Crippen LogP contribution >= 0.6 is 15.6 Å². The fourth-order valence-corrected chi connectivity index (χ4v) is 12.3. The van der Waals surface area contributed by atoms with Crippen molar-refractivity contribution in [3.8, 4) is 0 Å². The van der Waals surface area contributed by atoms with E-state index >= 15 is 0 Å². The first-order valence-corrected chi connectivity index (χ1v) is 40.8. The van der Waals surface area contributed by atoms with Crippen LogP contribution in [-0.4, -0.2) is 96.7 Å². The average molecular weight is 1360 g/mol. The van der Waals surface area contributed by atoms with Crippen LogP contribution in [0.15, 0.2) is 24.3 Å². The lowest BCUT2D eigenvalue weighted by Crippen LogP contribution is -2.30. The number of phosphoric ester groups is 2. The largest absolute Gasteiger partial charge is 0.472 e. The fourth-order valence-electron chi connectivity index (χ4n) is 10.7. The molecular weight excluding hydrogens is 1220 g/mol. The normalized spacial score (nSPS) is 14.5. The minimum absolute atomic E-state index is 0.0852. The summed E-state index contributed by atoms with van der Waals surface area (Å²) in [4.78, 5) is 72.7. The first-order valence-electron chi connectivity index (χ1n) is 37.8. The van der Waals surface area contributed by atoms with Crippen molar-refractivity contribution in [1.29, 1.82) is 0 Å². The Morgan fingerprint density at radius 2 is 0.634 bits per heavy atom. The minimum Gasteiger partial charge on any atom is -0.462 e. The monoisotopic (exact) mass is 1360 g/mol. The number of aliphatic hydroxyl groups is 1. The summed E-state index contributed by atoms with van der Waals surface area (Å²) in [5.74, 6) is -0.638. The average Bonchev–Trinajstić information content (AvgIpc) is 3.05. The molecular formula is C74H140O17P2. The highest BCUT2D eigenvalue weighted by Crippen LogP contribution is 2.45. The SMILES string of the molecule is CCCCCC/C=C\C=C/CCCCCCCC(=O)O[C@H](COC(=O)CCCCCCCCCCCCCCCC)COP(=O)(O)OC[C@@H](O)COP(=O)(O)OC[C@@H](COC(=O)CCCCCCCCCCC(C)CC)OC(=O)CCCCCCCCCCCC(C)C. The van der Waals surface area contributed by atoms with E-state index in [-0.39, 0.29) is 25.7 Å². The van der Waals surface area contributed by atoms with Gasteiger partial charge in [0.05, 0.1) is 26.4 Å². The number of hydrogen-bond donors (Lipinski definition) is 3. The maximum atomic E-state index is 13.1. The summed E-state index contributed by atoms with van der Waals surface area (Å²) < 4.78 is 68.4. The number of unbranched alkanes of at least 4 members (excludes halogenated alkanes) is 37. The van der Waals surface area contributed by atoms with Gasteiger partial charge in [0.2, 0.25) is 0 Å². The second-order valence-corrected chi connectivity index (χ2v) is 29.6. The molecule has 0 radical (unpaired) electrons. The van der Waals surface area contributed by atoms with Gasteiger partial charge in [-0.25, -0.2) is 9.13 Å². The van der Waals surface area contributed by atoms with Crippen LogP contribution in [0.25, 0.3) is 0 Å². The molecule has 0 spiro atoms. The van der Waals surface area contributed by atoms with E-state index in [1.54, 1.807) is 0 Å². The molecule has 6 atom stereocenters. The second-order valence-electron chi connectivity index (χ2n) is 26.7. The number of hydrogen-bond acceptors (Lipinski definition) is 15. The quantitative estimate of drug-likeness (QED) is 0.0169. The highest BCUT2D eigenvalue weighted by Gasteiger charge is 2.30. The number of esters is 4. The van der Waals surface area contributed by atoms with Gasteiger partial charge in [0.25, 0.3) is 0 Å². The molecule has 0 aromatic rings. The first kappa shape index (κ1) is 90.5.